The van der Waals surface area contributed by atoms with Crippen LogP contribution in [0.4, 0.5) is 0 Å². The van der Waals surface area contributed by atoms with Crippen molar-refractivity contribution in [2.75, 3.05) is 6.54 Å². The summed E-state index contributed by atoms with van der Waals surface area (Å²) < 4.78 is 1.60. The largest absolute Gasteiger partial charge is 0.328 e. The predicted octanol–water partition coefficient (Wildman–Crippen LogP) is 4.64. The summed E-state index contributed by atoms with van der Waals surface area (Å²) in [7, 11) is 1.74. The summed E-state index contributed by atoms with van der Waals surface area (Å²) in [6.45, 7) is 6.78. The maximum Gasteiger partial charge on any atom is 0.261 e. The van der Waals surface area contributed by atoms with Gasteiger partial charge in [-0.05, 0) is 44.0 Å². The van der Waals surface area contributed by atoms with Crippen molar-refractivity contribution in [1.29, 1.82) is 0 Å². The first-order chi connectivity index (χ1) is 14.0. The first-order valence-corrected chi connectivity index (χ1v) is 10.3. The van der Waals surface area contributed by atoms with Crippen LogP contribution in [0.25, 0.3) is 10.9 Å². The third kappa shape index (κ3) is 4.24. The summed E-state index contributed by atoms with van der Waals surface area (Å²) in [5.41, 5.74) is 2.37. The molecule has 0 aliphatic heterocycles. The molecule has 152 valence electrons. The normalized spacial score (nSPS) is 12.1. The Morgan fingerprint density at radius 2 is 1.79 bits per heavy atom. The van der Waals surface area contributed by atoms with Crippen LogP contribution >= 0.6 is 0 Å². The lowest BCUT2D eigenvalue weighted by Crippen LogP contribution is -2.39. The van der Waals surface area contributed by atoms with Gasteiger partial charge in [-0.2, -0.15) is 0 Å². The van der Waals surface area contributed by atoms with Gasteiger partial charge >= 0.3 is 0 Å². The molecule has 1 aromatic heterocycles. The van der Waals surface area contributed by atoms with Crippen LogP contribution in [-0.2, 0) is 7.05 Å². The SMILES string of the molecule is CCCCN(C(=O)c1ccc(C)cc1)C(CC)c1nc2ccccc2c(=O)n1C. The third-order valence-corrected chi connectivity index (χ3v) is 5.39. The molecule has 0 bridgehead atoms. The first-order valence-electron chi connectivity index (χ1n) is 10.3. The van der Waals surface area contributed by atoms with Gasteiger partial charge in [-0.1, -0.05) is 50.1 Å². The van der Waals surface area contributed by atoms with E-state index in [9.17, 15) is 9.59 Å². The highest BCUT2D eigenvalue weighted by Crippen LogP contribution is 2.26. The van der Waals surface area contributed by atoms with Crippen molar-refractivity contribution in [3.8, 4) is 0 Å². The molecule has 5 heteroatoms. The molecular weight excluding hydrogens is 362 g/mol. The molecule has 0 aliphatic rings. The molecule has 5 nitrogen and oxygen atoms in total. The van der Waals surface area contributed by atoms with Gasteiger partial charge in [0.25, 0.3) is 11.5 Å². The van der Waals surface area contributed by atoms with Crippen LogP contribution in [0.2, 0.25) is 0 Å². The van der Waals surface area contributed by atoms with Crippen molar-refractivity contribution in [3.05, 3.63) is 75.8 Å². The van der Waals surface area contributed by atoms with E-state index in [1.807, 2.05) is 61.2 Å². The smallest absolute Gasteiger partial charge is 0.261 e. The van der Waals surface area contributed by atoms with Crippen molar-refractivity contribution in [3.63, 3.8) is 0 Å². The fourth-order valence-electron chi connectivity index (χ4n) is 3.66. The van der Waals surface area contributed by atoms with E-state index >= 15 is 0 Å². The standard InChI is InChI=1S/C24H29N3O2/c1-5-7-16-27(23(28)18-14-12-17(3)13-15-18)21(6-2)22-25-20-11-9-8-10-19(20)24(29)26(22)4/h8-15,21H,5-7,16H2,1-4H3. The van der Waals surface area contributed by atoms with E-state index in [1.54, 1.807) is 17.7 Å². The van der Waals surface area contributed by atoms with Crippen molar-refractivity contribution >= 4 is 16.8 Å². The van der Waals surface area contributed by atoms with Crippen LogP contribution < -0.4 is 5.56 Å². The Morgan fingerprint density at radius 1 is 1.10 bits per heavy atom. The molecule has 3 aromatic rings. The van der Waals surface area contributed by atoms with Crippen LogP contribution in [-0.4, -0.2) is 26.9 Å². The highest BCUT2D eigenvalue weighted by Gasteiger charge is 2.28. The number of aromatic nitrogens is 2. The number of para-hydroxylation sites is 1. The van der Waals surface area contributed by atoms with Gasteiger partial charge in [0.1, 0.15) is 5.82 Å². The van der Waals surface area contributed by atoms with Crippen molar-refractivity contribution in [1.82, 2.24) is 14.5 Å². The first kappa shape index (κ1) is 20.8. The van der Waals surface area contributed by atoms with Gasteiger partial charge < -0.3 is 4.90 Å². The number of fused-ring (bicyclic) bond motifs is 1. The summed E-state index contributed by atoms with van der Waals surface area (Å²) in [6, 6.07) is 14.8. The minimum Gasteiger partial charge on any atom is -0.328 e. The summed E-state index contributed by atoms with van der Waals surface area (Å²) in [5, 5.41) is 0.596. The highest BCUT2D eigenvalue weighted by atomic mass is 16.2. The maximum absolute atomic E-state index is 13.4. The molecular formula is C24H29N3O2. The lowest BCUT2D eigenvalue weighted by atomic mass is 10.1. The van der Waals surface area contributed by atoms with Crippen LogP contribution in [0.5, 0.6) is 0 Å². The monoisotopic (exact) mass is 391 g/mol. The van der Waals surface area contributed by atoms with E-state index in [1.165, 1.54) is 0 Å². The van der Waals surface area contributed by atoms with E-state index in [4.69, 9.17) is 4.98 Å². The second-order valence-electron chi connectivity index (χ2n) is 7.49. The molecule has 0 saturated heterocycles. The van der Waals surface area contributed by atoms with Gasteiger partial charge in [-0.3, -0.25) is 14.2 Å². The molecule has 29 heavy (non-hydrogen) atoms. The number of benzene rings is 2. The van der Waals surface area contributed by atoms with Crippen LogP contribution in [0.15, 0.2) is 53.3 Å². The zero-order valence-corrected chi connectivity index (χ0v) is 17.7. The number of aryl methyl sites for hydroxylation is 1. The molecule has 0 saturated carbocycles. The zero-order chi connectivity index (χ0) is 21.0. The number of nitrogens with zero attached hydrogens (tertiary/aromatic N) is 3. The summed E-state index contributed by atoms with van der Waals surface area (Å²) >= 11 is 0. The summed E-state index contributed by atoms with van der Waals surface area (Å²) in [4.78, 5) is 33.0. The number of unbranched alkanes of at least 4 members (excludes halogenated alkanes) is 1. The number of carbonyl (C=O) groups is 1. The zero-order valence-electron chi connectivity index (χ0n) is 17.7. The molecule has 2 aromatic carbocycles. The maximum atomic E-state index is 13.4. The molecule has 0 aliphatic carbocycles. The number of hydrogen-bond donors (Lipinski definition) is 0. The van der Waals surface area contributed by atoms with Crippen LogP contribution in [0.3, 0.4) is 0 Å². The molecule has 1 unspecified atom stereocenters. The lowest BCUT2D eigenvalue weighted by Gasteiger charge is -2.32. The topological polar surface area (TPSA) is 55.2 Å². The summed E-state index contributed by atoms with van der Waals surface area (Å²) in [5.74, 6) is 0.612. The molecule has 0 N–H and O–H groups in total. The molecule has 3 rings (SSSR count). The van der Waals surface area contributed by atoms with Crippen molar-refractivity contribution in [2.24, 2.45) is 7.05 Å². The molecule has 1 heterocycles. The Kier molecular flexibility index (Phi) is 6.47. The second-order valence-corrected chi connectivity index (χ2v) is 7.49. The second kappa shape index (κ2) is 9.03. The average Bonchev–Trinajstić information content (AvgIpc) is 2.74. The van der Waals surface area contributed by atoms with Gasteiger partial charge in [0.2, 0.25) is 0 Å². The fourth-order valence-corrected chi connectivity index (χ4v) is 3.66. The average molecular weight is 392 g/mol. The Morgan fingerprint density at radius 3 is 2.45 bits per heavy atom. The number of rotatable bonds is 7. The highest BCUT2D eigenvalue weighted by molar-refractivity contribution is 5.94. The molecule has 1 atom stereocenters. The van der Waals surface area contributed by atoms with E-state index in [2.05, 4.69) is 6.92 Å². The van der Waals surface area contributed by atoms with E-state index < -0.39 is 0 Å². The fraction of sp³-hybridized carbons (Fsp3) is 0.375. The molecule has 0 radical (unpaired) electrons. The van der Waals surface area contributed by atoms with Gasteiger partial charge in [-0.15, -0.1) is 0 Å². The van der Waals surface area contributed by atoms with Crippen molar-refractivity contribution < 1.29 is 4.79 Å². The Hall–Kier alpha value is -2.95. The van der Waals surface area contributed by atoms with Gasteiger partial charge in [-0.25, -0.2) is 4.98 Å². The number of amides is 1. The van der Waals surface area contributed by atoms with Crippen LogP contribution in [0.1, 0.15) is 60.9 Å². The van der Waals surface area contributed by atoms with E-state index in [-0.39, 0.29) is 17.5 Å². The molecule has 1 amide bonds. The van der Waals surface area contributed by atoms with Crippen molar-refractivity contribution in [2.45, 2.75) is 46.1 Å². The summed E-state index contributed by atoms with van der Waals surface area (Å²) in [6.07, 6.45) is 2.56. The number of hydrogen-bond acceptors (Lipinski definition) is 3. The number of carbonyl (C=O) groups excluding carboxylic acids is 1. The van der Waals surface area contributed by atoms with Crippen LogP contribution in [0, 0.1) is 6.92 Å². The minimum atomic E-state index is -0.266. The third-order valence-electron chi connectivity index (χ3n) is 5.39. The Bertz CT molecular complexity index is 1050. The molecule has 0 spiro atoms. The Balaban J connectivity index is 2.09. The lowest BCUT2D eigenvalue weighted by molar-refractivity contribution is 0.0654. The van der Waals surface area contributed by atoms with Gasteiger partial charge in [0, 0.05) is 19.2 Å². The van der Waals surface area contributed by atoms with Gasteiger partial charge in [0.05, 0.1) is 16.9 Å². The van der Waals surface area contributed by atoms with E-state index in [0.717, 1.165) is 18.4 Å². The Labute approximate surface area is 172 Å². The predicted molar refractivity (Wildman–Crippen MR) is 117 cm³/mol. The van der Waals surface area contributed by atoms with Gasteiger partial charge in [0.15, 0.2) is 0 Å². The minimum absolute atomic E-state index is 0.0206. The quantitative estimate of drug-likeness (QED) is 0.590. The van der Waals surface area contributed by atoms with E-state index in [0.29, 0.717) is 35.3 Å². The molecule has 0 fully saturated rings.